The lowest BCUT2D eigenvalue weighted by molar-refractivity contribution is 0.0540. The second-order valence-electron chi connectivity index (χ2n) is 10.6. The van der Waals surface area contributed by atoms with Gasteiger partial charge < -0.3 is 14.5 Å². The van der Waals surface area contributed by atoms with Crippen molar-refractivity contribution in [2.24, 2.45) is 0 Å². The van der Waals surface area contributed by atoms with Crippen LogP contribution in [0.2, 0.25) is 10.0 Å². The first-order valence-corrected chi connectivity index (χ1v) is 15.7. The maximum atomic E-state index is 13.3. The van der Waals surface area contributed by atoms with Crippen LogP contribution >= 0.6 is 23.2 Å². The standard InChI is InChI=1S/C29H34Cl2N4O4S/c1-33(2)27-7-3-6-24-23(27)5-4-8-28(24)40(37,38)32-29(36)35-15-11-20(12-16-35)34-17-13-21(14-18-34)39-22-9-10-25(30)26(31)19-22/h3-10,19-21H,11-18H2,1-2H3,(H,32,36). The summed E-state index contributed by atoms with van der Waals surface area (Å²) in [5.74, 6) is 0.726. The summed E-state index contributed by atoms with van der Waals surface area (Å²) in [6.07, 6.45) is 3.52. The first kappa shape index (κ1) is 28.8. The molecule has 0 aromatic heterocycles. The highest BCUT2D eigenvalue weighted by molar-refractivity contribution is 7.90. The van der Waals surface area contributed by atoms with Gasteiger partial charge in [0.1, 0.15) is 11.9 Å². The minimum Gasteiger partial charge on any atom is -0.490 e. The zero-order chi connectivity index (χ0) is 28.4. The quantitative estimate of drug-likeness (QED) is 0.393. The van der Waals surface area contributed by atoms with Crippen molar-refractivity contribution in [3.63, 3.8) is 0 Å². The molecule has 0 saturated carbocycles. The van der Waals surface area contributed by atoms with Crippen LogP contribution in [-0.4, -0.2) is 76.7 Å². The van der Waals surface area contributed by atoms with Crippen LogP contribution in [-0.2, 0) is 10.0 Å². The number of piperidine rings is 2. The number of anilines is 1. The molecule has 1 N–H and O–H groups in total. The number of ether oxygens (including phenoxy) is 1. The molecule has 0 atom stereocenters. The molecule has 2 aliphatic heterocycles. The van der Waals surface area contributed by atoms with E-state index in [1.54, 1.807) is 35.2 Å². The van der Waals surface area contributed by atoms with Crippen molar-refractivity contribution < 1.29 is 17.9 Å². The molecule has 2 heterocycles. The minimum atomic E-state index is -4.05. The third kappa shape index (κ3) is 6.28. The fraction of sp³-hybridized carbons (Fsp3) is 0.414. The number of urea groups is 1. The molecule has 2 aliphatic rings. The van der Waals surface area contributed by atoms with E-state index in [2.05, 4.69) is 9.62 Å². The van der Waals surface area contributed by atoms with Crippen molar-refractivity contribution in [1.29, 1.82) is 0 Å². The zero-order valence-electron chi connectivity index (χ0n) is 22.6. The molecule has 0 radical (unpaired) electrons. The van der Waals surface area contributed by atoms with E-state index in [-0.39, 0.29) is 11.0 Å². The molecule has 3 aromatic carbocycles. The predicted molar refractivity (Wildman–Crippen MR) is 160 cm³/mol. The summed E-state index contributed by atoms with van der Waals surface area (Å²) in [6.45, 7) is 2.83. The Morgan fingerprint density at radius 1 is 0.900 bits per heavy atom. The summed E-state index contributed by atoms with van der Waals surface area (Å²) in [5, 5.41) is 2.39. The monoisotopic (exact) mass is 604 g/mol. The number of hydrogen-bond acceptors (Lipinski definition) is 6. The van der Waals surface area contributed by atoms with Gasteiger partial charge in [-0.3, -0.25) is 4.90 Å². The van der Waals surface area contributed by atoms with Crippen molar-refractivity contribution >= 4 is 55.7 Å². The number of carbonyl (C=O) groups is 1. The van der Waals surface area contributed by atoms with Gasteiger partial charge >= 0.3 is 6.03 Å². The average Bonchev–Trinajstić information content (AvgIpc) is 2.94. The van der Waals surface area contributed by atoms with E-state index in [0.717, 1.165) is 55.6 Å². The maximum Gasteiger partial charge on any atom is 0.331 e. The SMILES string of the molecule is CN(C)c1cccc2c(S(=O)(=O)NC(=O)N3CCC(N4CCC(Oc5ccc(Cl)c(Cl)c5)CC4)CC3)cccc12. The third-order valence-corrected chi connectivity index (χ3v) is 9.91. The normalized spacial score (nSPS) is 17.6. The summed E-state index contributed by atoms with van der Waals surface area (Å²) in [7, 11) is -0.225. The van der Waals surface area contributed by atoms with Crippen molar-refractivity contribution in [3.05, 3.63) is 64.6 Å². The summed E-state index contributed by atoms with van der Waals surface area (Å²) in [6, 6.07) is 15.8. The van der Waals surface area contributed by atoms with Crippen LogP contribution in [0.5, 0.6) is 5.75 Å². The molecule has 8 nitrogen and oxygen atoms in total. The van der Waals surface area contributed by atoms with E-state index in [9.17, 15) is 13.2 Å². The van der Waals surface area contributed by atoms with Gasteiger partial charge in [0, 0.05) is 68.8 Å². The van der Waals surface area contributed by atoms with Gasteiger partial charge in [0.05, 0.1) is 14.9 Å². The first-order valence-electron chi connectivity index (χ1n) is 13.5. The Morgan fingerprint density at radius 3 is 2.25 bits per heavy atom. The van der Waals surface area contributed by atoms with E-state index in [4.69, 9.17) is 27.9 Å². The van der Waals surface area contributed by atoms with Crippen LogP contribution in [0.4, 0.5) is 10.5 Å². The van der Waals surface area contributed by atoms with Crippen LogP contribution in [0.3, 0.4) is 0 Å². The van der Waals surface area contributed by atoms with Gasteiger partial charge in [-0.05, 0) is 49.9 Å². The van der Waals surface area contributed by atoms with Crippen molar-refractivity contribution in [1.82, 2.24) is 14.5 Å². The second-order valence-corrected chi connectivity index (χ2v) is 13.0. The van der Waals surface area contributed by atoms with Gasteiger partial charge in [0.2, 0.25) is 0 Å². The molecule has 5 rings (SSSR count). The summed E-state index contributed by atoms with van der Waals surface area (Å²) in [5.41, 5.74) is 0.910. The van der Waals surface area contributed by atoms with Gasteiger partial charge in [-0.25, -0.2) is 17.9 Å². The third-order valence-electron chi connectivity index (χ3n) is 7.79. The molecule has 0 unspecified atom stereocenters. The van der Waals surface area contributed by atoms with Crippen LogP contribution in [0.1, 0.15) is 25.7 Å². The van der Waals surface area contributed by atoms with E-state index in [1.807, 2.05) is 43.3 Å². The molecule has 2 saturated heterocycles. The fourth-order valence-electron chi connectivity index (χ4n) is 5.66. The Balaban J connectivity index is 1.14. The van der Waals surface area contributed by atoms with Gasteiger partial charge in [-0.1, -0.05) is 47.5 Å². The predicted octanol–water partition coefficient (Wildman–Crippen LogP) is 5.62. The van der Waals surface area contributed by atoms with E-state index >= 15 is 0 Å². The van der Waals surface area contributed by atoms with Crippen molar-refractivity contribution in [2.45, 2.75) is 42.7 Å². The van der Waals surface area contributed by atoms with E-state index in [0.29, 0.717) is 34.6 Å². The Bertz CT molecular complexity index is 1480. The van der Waals surface area contributed by atoms with Gasteiger partial charge in [-0.15, -0.1) is 0 Å². The van der Waals surface area contributed by atoms with Crippen LogP contribution in [0.25, 0.3) is 10.8 Å². The highest BCUT2D eigenvalue weighted by Crippen LogP contribution is 2.31. The molecule has 3 aromatic rings. The lowest BCUT2D eigenvalue weighted by Crippen LogP contribution is -2.52. The van der Waals surface area contributed by atoms with Crippen LogP contribution in [0.15, 0.2) is 59.5 Å². The molecule has 11 heteroatoms. The minimum absolute atomic E-state index is 0.0999. The lowest BCUT2D eigenvalue weighted by Gasteiger charge is -2.41. The lowest BCUT2D eigenvalue weighted by atomic mass is 9.99. The zero-order valence-corrected chi connectivity index (χ0v) is 25.0. The Morgan fingerprint density at radius 2 is 1.57 bits per heavy atom. The van der Waals surface area contributed by atoms with Gasteiger partial charge in [0.15, 0.2) is 0 Å². The van der Waals surface area contributed by atoms with Gasteiger partial charge in [-0.2, -0.15) is 0 Å². The van der Waals surface area contributed by atoms with Crippen molar-refractivity contribution in [3.8, 4) is 5.75 Å². The number of nitrogens with one attached hydrogen (secondary N) is 1. The van der Waals surface area contributed by atoms with Crippen molar-refractivity contribution in [2.75, 3.05) is 45.2 Å². The second kappa shape index (κ2) is 12.0. The summed E-state index contributed by atoms with van der Waals surface area (Å²) in [4.78, 5) is 19.1. The number of likely N-dealkylation sites (tertiary alicyclic amines) is 2. The summed E-state index contributed by atoms with van der Waals surface area (Å²) >= 11 is 12.1. The number of nitrogens with zero attached hydrogens (tertiary/aromatic N) is 3. The molecule has 2 amide bonds. The molecule has 0 spiro atoms. The molecule has 0 bridgehead atoms. The Hall–Kier alpha value is -2.72. The number of benzene rings is 3. The number of amides is 2. The van der Waals surface area contributed by atoms with E-state index in [1.165, 1.54) is 0 Å². The number of carbonyl (C=O) groups excluding carboxylic acids is 1. The average molecular weight is 606 g/mol. The van der Waals surface area contributed by atoms with E-state index < -0.39 is 16.1 Å². The fourth-order valence-corrected chi connectivity index (χ4v) is 7.14. The highest BCUT2D eigenvalue weighted by atomic mass is 35.5. The highest BCUT2D eigenvalue weighted by Gasteiger charge is 2.32. The number of rotatable bonds is 6. The smallest absolute Gasteiger partial charge is 0.331 e. The molecule has 214 valence electrons. The number of halogens is 2. The molecule has 40 heavy (non-hydrogen) atoms. The number of hydrogen-bond donors (Lipinski definition) is 1. The molecule has 0 aliphatic carbocycles. The maximum absolute atomic E-state index is 13.3. The number of sulfonamides is 1. The van der Waals surface area contributed by atoms with Gasteiger partial charge in [0.25, 0.3) is 10.0 Å². The molecule has 2 fully saturated rings. The van der Waals surface area contributed by atoms with Crippen LogP contribution < -0.4 is 14.4 Å². The Kier molecular flexibility index (Phi) is 8.66. The first-order chi connectivity index (χ1) is 19.1. The number of fused-ring (bicyclic) bond motifs is 1. The van der Waals surface area contributed by atoms with Crippen LogP contribution in [0, 0.1) is 0 Å². The molecular weight excluding hydrogens is 571 g/mol. The topological polar surface area (TPSA) is 82.2 Å². The summed E-state index contributed by atoms with van der Waals surface area (Å²) < 4.78 is 35.0. The Labute approximate surface area is 245 Å². The largest absolute Gasteiger partial charge is 0.490 e. The molecular formula is C29H34Cl2N4O4S.